The highest BCUT2D eigenvalue weighted by Gasteiger charge is 2.33. The molecular weight excluding hydrogens is 350 g/mol. The lowest BCUT2D eigenvalue weighted by atomic mass is 9.75. The molecule has 0 bridgehead atoms. The Balaban J connectivity index is 1.57. The third-order valence-electron chi connectivity index (χ3n) is 5.14. The molecule has 0 spiro atoms. The Labute approximate surface area is 158 Å². The van der Waals surface area contributed by atoms with Gasteiger partial charge in [-0.1, -0.05) is 39.0 Å². The molecule has 2 heterocycles. The van der Waals surface area contributed by atoms with E-state index in [1.54, 1.807) is 6.26 Å². The molecule has 1 saturated carbocycles. The third-order valence-corrected chi connectivity index (χ3v) is 6.13. The van der Waals surface area contributed by atoms with Crippen LogP contribution in [0.25, 0.3) is 11.6 Å². The van der Waals surface area contributed by atoms with E-state index in [2.05, 4.69) is 31.0 Å². The van der Waals surface area contributed by atoms with Gasteiger partial charge in [-0.15, -0.1) is 10.2 Å². The molecule has 0 N–H and O–H groups in total. The van der Waals surface area contributed by atoms with Crippen LogP contribution in [0.1, 0.15) is 40.0 Å². The van der Waals surface area contributed by atoms with Gasteiger partial charge < -0.3 is 13.7 Å². The fourth-order valence-corrected chi connectivity index (χ4v) is 4.33. The van der Waals surface area contributed by atoms with Gasteiger partial charge in [0.1, 0.15) is 6.10 Å². The molecule has 3 rings (SSSR count). The molecule has 1 aliphatic rings. The molecule has 0 radical (unpaired) electrons. The van der Waals surface area contributed by atoms with E-state index in [4.69, 9.17) is 9.15 Å². The minimum atomic E-state index is -0.178. The molecule has 0 amide bonds. The van der Waals surface area contributed by atoms with Crippen molar-refractivity contribution in [1.82, 2.24) is 14.8 Å². The van der Waals surface area contributed by atoms with Gasteiger partial charge in [-0.05, 0) is 42.7 Å². The Bertz CT molecular complexity index is 726. The van der Waals surface area contributed by atoms with Crippen LogP contribution in [0.2, 0.25) is 0 Å². The lowest BCUT2D eigenvalue weighted by Gasteiger charge is -2.36. The highest BCUT2D eigenvalue weighted by atomic mass is 32.2. The molecule has 0 unspecified atom stereocenters. The third kappa shape index (κ3) is 4.31. The summed E-state index contributed by atoms with van der Waals surface area (Å²) in [7, 11) is 1.86. The fourth-order valence-electron chi connectivity index (χ4n) is 3.64. The van der Waals surface area contributed by atoms with Gasteiger partial charge in [0.25, 0.3) is 0 Å². The lowest BCUT2D eigenvalue weighted by Crippen LogP contribution is -2.36. The van der Waals surface area contributed by atoms with E-state index in [0.29, 0.717) is 34.5 Å². The summed E-state index contributed by atoms with van der Waals surface area (Å²) in [5.41, 5.74) is 0. The smallest absolute Gasteiger partial charge is 0.316 e. The summed E-state index contributed by atoms with van der Waals surface area (Å²) in [6, 6.07) is 3.65. The van der Waals surface area contributed by atoms with Crippen LogP contribution in [0, 0.1) is 17.8 Å². The average Bonchev–Trinajstić information content (AvgIpc) is 3.22. The van der Waals surface area contributed by atoms with Crippen LogP contribution in [0.3, 0.4) is 0 Å². The highest BCUT2D eigenvalue weighted by Crippen LogP contribution is 2.35. The van der Waals surface area contributed by atoms with Crippen LogP contribution >= 0.6 is 11.8 Å². The van der Waals surface area contributed by atoms with Crippen LogP contribution in [0.15, 0.2) is 28.0 Å². The van der Waals surface area contributed by atoms with Crippen molar-refractivity contribution in [2.24, 2.45) is 24.8 Å². The minimum Gasteiger partial charge on any atom is -0.461 e. The number of rotatable bonds is 6. The molecule has 1 fully saturated rings. The van der Waals surface area contributed by atoms with Gasteiger partial charge in [-0.2, -0.15) is 0 Å². The van der Waals surface area contributed by atoms with Gasteiger partial charge in [0.15, 0.2) is 16.7 Å². The molecule has 0 aromatic carbocycles. The van der Waals surface area contributed by atoms with Crippen molar-refractivity contribution in [3.63, 3.8) is 0 Å². The second-order valence-corrected chi connectivity index (χ2v) is 8.43. The molecule has 7 heteroatoms. The number of aromatic nitrogens is 3. The van der Waals surface area contributed by atoms with Crippen molar-refractivity contribution in [1.29, 1.82) is 0 Å². The van der Waals surface area contributed by atoms with E-state index < -0.39 is 0 Å². The molecule has 1 aliphatic carbocycles. The van der Waals surface area contributed by atoms with Crippen LogP contribution < -0.4 is 0 Å². The molecule has 142 valence electrons. The predicted molar refractivity (Wildman–Crippen MR) is 101 cm³/mol. The van der Waals surface area contributed by atoms with Crippen molar-refractivity contribution < 1.29 is 13.9 Å². The summed E-state index contributed by atoms with van der Waals surface area (Å²) in [6.45, 7) is 6.67. The standard InChI is InChI=1S/C19H27N3O3S/c1-12(2)14-8-7-13(3)10-16(14)25-17(23)11-26-19-21-20-18(22(19)4)15-6-5-9-24-15/h5-6,9,12-14,16H,7-8,10-11H2,1-4H3/t13-,14-,16-/m1/s1. The Morgan fingerprint density at radius 2 is 2.23 bits per heavy atom. The topological polar surface area (TPSA) is 70.2 Å². The van der Waals surface area contributed by atoms with Gasteiger partial charge in [-0.25, -0.2) is 0 Å². The summed E-state index contributed by atoms with van der Waals surface area (Å²) >= 11 is 1.35. The van der Waals surface area contributed by atoms with Crippen molar-refractivity contribution in [3.05, 3.63) is 18.4 Å². The monoisotopic (exact) mass is 377 g/mol. The average molecular weight is 378 g/mol. The summed E-state index contributed by atoms with van der Waals surface area (Å²) in [6.07, 6.45) is 4.96. The summed E-state index contributed by atoms with van der Waals surface area (Å²) in [5, 5.41) is 8.97. The first-order valence-corrected chi connectivity index (χ1v) is 10.2. The molecule has 0 aliphatic heterocycles. The Morgan fingerprint density at radius 1 is 1.42 bits per heavy atom. The number of thioether (sulfide) groups is 1. The number of furan rings is 1. The zero-order valence-corrected chi connectivity index (χ0v) is 16.7. The highest BCUT2D eigenvalue weighted by molar-refractivity contribution is 7.99. The molecule has 2 aromatic heterocycles. The maximum atomic E-state index is 12.4. The largest absolute Gasteiger partial charge is 0.461 e. The van der Waals surface area contributed by atoms with Crippen LogP contribution in [-0.4, -0.2) is 32.6 Å². The maximum absolute atomic E-state index is 12.4. The first kappa shape index (κ1) is 19.0. The fraction of sp³-hybridized carbons (Fsp3) is 0.632. The minimum absolute atomic E-state index is 0.0324. The maximum Gasteiger partial charge on any atom is 0.316 e. The van der Waals surface area contributed by atoms with Crippen LogP contribution in [-0.2, 0) is 16.6 Å². The number of carbonyl (C=O) groups is 1. The molecule has 2 aromatic rings. The number of hydrogen-bond donors (Lipinski definition) is 0. The number of nitrogens with zero attached hydrogens (tertiary/aromatic N) is 3. The molecule has 26 heavy (non-hydrogen) atoms. The molecule has 3 atom stereocenters. The normalized spacial score (nSPS) is 23.3. The van der Waals surface area contributed by atoms with E-state index in [9.17, 15) is 4.79 Å². The molecular formula is C19H27N3O3S. The molecule has 0 saturated heterocycles. The number of hydrogen-bond acceptors (Lipinski definition) is 6. The van der Waals surface area contributed by atoms with Gasteiger partial charge >= 0.3 is 5.97 Å². The zero-order chi connectivity index (χ0) is 18.7. The van der Waals surface area contributed by atoms with Gasteiger partial charge in [-0.3, -0.25) is 4.79 Å². The van der Waals surface area contributed by atoms with E-state index in [1.165, 1.54) is 18.2 Å². The summed E-state index contributed by atoms with van der Waals surface area (Å²) in [5.74, 6) is 2.97. The van der Waals surface area contributed by atoms with Crippen LogP contribution in [0.4, 0.5) is 0 Å². The Morgan fingerprint density at radius 3 is 2.92 bits per heavy atom. The summed E-state index contributed by atoms with van der Waals surface area (Å²) < 4.78 is 13.0. The second-order valence-electron chi connectivity index (χ2n) is 7.49. The number of ether oxygens (including phenoxy) is 1. The van der Waals surface area contributed by atoms with E-state index in [0.717, 1.165) is 12.8 Å². The van der Waals surface area contributed by atoms with Crippen molar-refractivity contribution >= 4 is 17.7 Å². The van der Waals surface area contributed by atoms with E-state index >= 15 is 0 Å². The van der Waals surface area contributed by atoms with Gasteiger partial charge in [0, 0.05) is 7.05 Å². The van der Waals surface area contributed by atoms with Gasteiger partial charge in [0.2, 0.25) is 0 Å². The molecule has 6 nitrogen and oxygen atoms in total. The lowest BCUT2D eigenvalue weighted by molar-refractivity contribution is -0.152. The van der Waals surface area contributed by atoms with E-state index in [-0.39, 0.29) is 17.8 Å². The van der Waals surface area contributed by atoms with Crippen molar-refractivity contribution in [3.8, 4) is 11.6 Å². The second kappa shape index (κ2) is 8.29. The first-order chi connectivity index (χ1) is 12.5. The first-order valence-electron chi connectivity index (χ1n) is 9.21. The van der Waals surface area contributed by atoms with Crippen molar-refractivity contribution in [2.75, 3.05) is 5.75 Å². The quantitative estimate of drug-likeness (QED) is 0.556. The van der Waals surface area contributed by atoms with Crippen molar-refractivity contribution in [2.45, 2.75) is 51.3 Å². The number of carbonyl (C=O) groups excluding carboxylic acids is 1. The van der Waals surface area contributed by atoms with Gasteiger partial charge in [0.05, 0.1) is 12.0 Å². The summed E-state index contributed by atoms with van der Waals surface area (Å²) in [4.78, 5) is 12.4. The van der Waals surface area contributed by atoms with Crippen LogP contribution in [0.5, 0.6) is 0 Å². The SMILES string of the molecule is CC(C)[C@H]1CC[C@@H](C)C[C@H]1OC(=O)CSc1nnc(-c2ccco2)n1C. The Hall–Kier alpha value is -1.76. The zero-order valence-electron chi connectivity index (χ0n) is 15.8. The predicted octanol–water partition coefficient (Wildman–Crippen LogP) is 4.17. The number of esters is 1. The Kier molecular flexibility index (Phi) is 6.06. The van der Waals surface area contributed by atoms with E-state index in [1.807, 2.05) is 23.7 Å².